The highest BCUT2D eigenvalue weighted by atomic mass is 16.4. The molecule has 1 atom stereocenters. The molecule has 1 saturated carbocycles. The van der Waals surface area contributed by atoms with Crippen LogP contribution in [0.5, 0.6) is 0 Å². The van der Waals surface area contributed by atoms with Crippen molar-refractivity contribution in [2.75, 3.05) is 14.1 Å². The number of oxime groups is 1. The van der Waals surface area contributed by atoms with Crippen LogP contribution in [0.1, 0.15) is 25.7 Å². The maximum absolute atomic E-state index is 8.67. The first-order valence-corrected chi connectivity index (χ1v) is 4.13. The third-order valence-electron chi connectivity index (χ3n) is 2.30. The molecule has 0 amide bonds. The molecule has 1 N–H and O–H groups in total. The number of hydrogen-bond donors (Lipinski definition) is 1. The van der Waals surface area contributed by atoms with Crippen LogP contribution >= 0.6 is 0 Å². The Morgan fingerprint density at radius 1 is 1.45 bits per heavy atom. The van der Waals surface area contributed by atoms with Crippen LogP contribution in [0.25, 0.3) is 0 Å². The van der Waals surface area contributed by atoms with Gasteiger partial charge in [0.05, 0.1) is 11.8 Å². The third kappa shape index (κ3) is 1.93. The molecule has 0 radical (unpaired) electrons. The van der Waals surface area contributed by atoms with Crippen molar-refractivity contribution in [2.45, 2.75) is 31.7 Å². The van der Waals surface area contributed by atoms with E-state index in [1.54, 1.807) is 0 Å². The summed E-state index contributed by atoms with van der Waals surface area (Å²) in [5.41, 5.74) is 0.946. The van der Waals surface area contributed by atoms with E-state index >= 15 is 0 Å². The van der Waals surface area contributed by atoms with Crippen molar-refractivity contribution in [3.8, 4) is 0 Å². The van der Waals surface area contributed by atoms with E-state index in [4.69, 9.17) is 5.21 Å². The van der Waals surface area contributed by atoms with Gasteiger partial charge in [-0.25, -0.2) is 0 Å². The second kappa shape index (κ2) is 3.72. The molecule has 0 bridgehead atoms. The fourth-order valence-corrected chi connectivity index (χ4v) is 1.65. The van der Waals surface area contributed by atoms with Gasteiger partial charge in [0.25, 0.3) is 0 Å². The first-order valence-electron chi connectivity index (χ1n) is 4.13. The van der Waals surface area contributed by atoms with Gasteiger partial charge in [-0.15, -0.1) is 0 Å². The second-order valence-corrected chi connectivity index (χ2v) is 3.32. The van der Waals surface area contributed by atoms with Crippen LogP contribution in [0.15, 0.2) is 5.16 Å². The van der Waals surface area contributed by atoms with E-state index in [2.05, 4.69) is 10.1 Å². The molecule has 3 heteroatoms. The normalized spacial score (nSPS) is 29.7. The fourth-order valence-electron chi connectivity index (χ4n) is 1.65. The van der Waals surface area contributed by atoms with Crippen LogP contribution in [0.2, 0.25) is 0 Å². The minimum absolute atomic E-state index is 0.369. The molecule has 0 aromatic rings. The van der Waals surface area contributed by atoms with Gasteiger partial charge in [-0.1, -0.05) is 11.6 Å². The molecule has 0 aromatic carbocycles. The van der Waals surface area contributed by atoms with Crippen molar-refractivity contribution in [3.63, 3.8) is 0 Å². The van der Waals surface area contributed by atoms with Gasteiger partial charge < -0.3 is 10.1 Å². The zero-order valence-electron chi connectivity index (χ0n) is 7.25. The van der Waals surface area contributed by atoms with E-state index in [9.17, 15) is 0 Å². The molecule has 64 valence electrons. The third-order valence-corrected chi connectivity index (χ3v) is 2.30. The Bertz CT molecular complexity index is 154. The first-order chi connectivity index (χ1) is 5.25. The Hall–Kier alpha value is -0.570. The van der Waals surface area contributed by atoms with Gasteiger partial charge in [0, 0.05) is 0 Å². The van der Waals surface area contributed by atoms with Crippen molar-refractivity contribution >= 4 is 5.71 Å². The Labute approximate surface area is 67.7 Å². The summed E-state index contributed by atoms with van der Waals surface area (Å²) in [4.78, 5) is 2.12. The van der Waals surface area contributed by atoms with Gasteiger partial charge in [0.15, 0.2) is 0 Å². The van der Waals surface area contributed by atoms with Gasteiger partial charge in [-0.05, 0) is 33.4 Å². The van der Waals surface area contributed by atoms with E-state index in [1.165, 1.54) is 12.8 Å². The van der Waals surface area contributed by atoms with Crippen LogP contribution in [0, 0.1) is 0 Å². The van der Waals surface area contributed by atoms with Crippen LogP contribution in [0.3, 0.4) is 0 Å². The number of hydrogen-bond acceptors (Lipinski definition) is 3. The molecule has 1 aliphatic carbocycles. The van der Waals surface area contributed by atoms with E-state index in [0.717, 1.165) is 18.6 Å². The minimum Gasteiger partial charge on any atom is -0.411 e. The lowest BCUT2D eigenvalue weighted by molar-refractivity contribution is 0.283. The van der Waals surface area contributed by atoms with Crippen molar-refractivity contribution in [2.24, 2.45) is 5.16 Å². The average Bonchev–Trinajstić information content (AvgIpc) is 2.04. The van der Waals surface area contributed by atoms with Crippen LogP contribution in [-0.2, 0) is 0 Å². The van der Waals surface area contributed by atoms with Crippen LogP contribution < -0.4 is 0 Å². The van der Waals surface area contributed by atoms with Gasteiger partial charge >= 0.3 is 0 Å². The highest BCUT2D eigenvalue weighted by Crippen LogP contribution is 2.18. The maximum atomic E-state index is 8.67. The average molecular weight is 156 g/mol. The highest BCUT2D eigenvalue weighted by Gasteiger charge is 2.22. The lowest BCUT2D eigenvalue weighted by atomic mass is 9.93. The van der Waals surface area contributed by atoms with Crippen molar-refractivity contribution in [3.05, 3.63) is 0 Å². The van der Waals surface area contributed by atoms with E-state index < -0.39 is 0 Å². The summed E-state index contributed by atoms with van der Waals surface area (Å²) < 4.78 is 0. The van der Waals surface area contributed by atoms with Crippen LogP contribution in [0.4, 0.5) is 0 Å². The standard InChI is InChI=1S/C8H16N2O/c1-10(2)8-6-4-3-5-7(8)9-11/h8,11H,3-6H2,1-2H3/b9-7+/t8-/m0/s1. The largest absolute Gasteiger partial charge is 0.411 e. The van der Waals surface area contributed by atoms with Gasteiger partial charge in [0.2, 0.25) is 0 Å². The Morgan fingerprint density at radius 3 is 2.64 bits per heavy atom. The topological polar surface area (TPSA) is 35.8 Å². The predicted molar refractivity (Wildman–Crippen MR) is 45.2 cm³/mol. The second-order valence-electron chi connectivity index (χ2n) is 3.32. The molecular formula is C8H16N2O. The summed E-state index contributed by atoms with van der Waals surface area (Å²) in [5, 5.41) is 12.0. The summed E-state index contributed by atoms with van der Waals surface area (Å²) in [6.45, 7) is 0. The van der Waals surface area contributed by atoms with E-state index in [1.807, 2.05) is 14.1 Å². The van der Waals surface area contributed by atoms with Crippen molar-refractivity contribution in [1.29, 1.82) is 0 Å². The molecule has 0 heterocycles. The zero-order chi connectivity index (χ0) is 8.27. The molecule has 1 rings (SSSR count). The van der Waals surface area contributed by atoms with E-state index in [-0.39, 0.29) is 0 Å². The lowest BCUT2D eigenvalue weighted by Crippen LogP contribution is -2.37. The molecule has 3 nitrogen and oxygen atoms in total. The minimum atomic E-state index is 0.369. The summed E-state index contributed by atoms with van der Waals surface area (Å²) in [5.74, 6) is 0. The Morgan fingerprint density at radius 2 is 2.18 bits per heavy atom. The lowest BCUT2D eigenvalue weighted by Gasteiger charge is -2.28. The predicted octanol–water partition coefficient (Wildman–Crippen LogP) is 1.32. The molecule has 0 unspecified atom stereocenters. The number of nitrogens with zero attached hydrogens (tertiary/aromatic N) is 2. The Kier molecular flexibility index (Phi) is 2.88. The maximum Gasteiger partial charge on any atom is 0.0741 e. The highest BCUT2D eigenvalue weighted by molar-refractivity contribution is 5.89. The summed E-state index contributed by atoms with van der Waals surface area (Å²) in [7, 11) is 4.06. The fraction of sp³-hybridized carbons (Fsp3) is 0.875. The summed E-state index contributed by atoms with van der Waals surface area (Å²) >= 11 is 0. The molecule has 0 spiro atoms. The van der Waals surface area contributed by atoms with E-state index in [0.29, 0.717) is 6.04 Å². The smallest absolute Gasteiger partial charge is 0.0741 e. The summed E-state index contributed by atoms with van der Waals surface area (Å²) in [6.07, 6.45) is 4.51. The quantitative estimate of drug-likeness (QED) is 0.459. The molecule has 1 aliphatic rings. The molecule has 11 heavy (non-hydrogen) atoms. The molecule has 0 aliphatic heterocycles. The van der Waals surface area contributed by atoms with Crippen molar-refractivity contribution in [1.82, 2.24) is 4.90 Å². The molecular weight excluding hydrogens is 140 g/mol. The first kappa shape index (κ1) is 8.53. The molecule has 0 saturated heterocycles. The van der Waals surface area contributed by atoms with Crippen molar-refractivity contribution < 1.29 is 5.21 Å². The summed E-state index contributed by atoms with van der Waals surface area (Å²) in [6, 6.07) is 0.369. The van der Waals surface area contributed by atoms with Gasteiger partial charge in [-0.2, -0.15) is 0 Å². The SMILES string of the molecule is CN(C)[C@H]1CCCC/C1=N\O. The Balaban J connectivity index is 2.59. The molecule has 1 fully saturated rings. The monoisotopic (exact) mass is 156 g/mol. The number of rotatable bonds is 1. The molecule has 0 aromatic heterocycles. The van der Waals surface area contributed by atoms with Gasteiger partial charge in [0.1, 0.15) is 0 Å². The van der Waals surface area contributed by atoms with Gasteiger partial charge in [-0.3, -0.25) is 0 Å². The van der Waals surface area contributed by atoms with Crippen LogP contribution in [-0.4, -0.2) is 36.0 Å². The zero-order valence-corrected chi connectivity index (χ0v) is 7.25.